The van der Waals surface area contributed by atoms with Crippen molar-refractivity contribution in [3.63, 3.8) is 0 Å². The van der Waals surface area contributed by atoms with Gasteiger partial charge in [-0.2, -0.15) is 0 Å². The second-order valence-electron chi connectivity index (χ2n) is 6.13. The number of methoxy groups -OCH3 is 1. The summed E-state index contributed by atoms with van der Waals surface area (Å²) in [5.41, 5.74) is 2.74. The summed E-state index contributed by atoms with van der Waals surface area (Å²) in [7, 11) is 1.56. The summed E-state index contributed by atoms with van der Waals surface area (Å²) in [5.74, 6) is -0.421. The molecule has 2 aliphatic heterocycles. The first-order valence-corrected chi connectivity index (χ1v) is 8.61. The van der Waals surface area contributed by atoms with E-state index in [9.17, 15) is 4.79 Å². The maximum atomic E-state index is 12.4. The number of rotatable bonds is 4. The van der Waals surface area contributed by atoms with Gasteiger partial charge in [-0.3, -0.25) is 0 Å². The number of carbonyl (C=O) groups is 1. The van der Waals surface area contributed by atoms with Crippen LogP contribution >= 0.6 is 0 Å². The Morgan fingerprint density at radius 1 is 1.27 bits per heavy atom. The lowest BCUT2D eigenvalue weighted by Crippen LogP contribution is -2.41. The molecule has 2 aromatic rings. The van der Waals surface area contributed by atoms with E-state index in [0.29, 0.717) is 18.9 Å². The van der Waals surface area contributed by atoms with Gasteiger partial charge in [-0.15, -0.1) is 0 Å². The summed E-state index contributed by atoms with van der Waals surface area (Å²) >= 11 is 0. The molecule has 1 saturated heterocycles. The first-order valence-electron chi connectivity index (χ1n) is 8.61. The third-order valence-corrected chi connectivity index (χ3v) is 4.57. The average Bonchev–Trinajstić information content (AvgIpc) is 3.13. The molecule has 1 fully saturated rings. The van der Waals surface area contributed by atoms with E-state index in [4.69, 9.17) is 23.7 Å². The first-order chi connectivity index (χ1) is 12.7. The van der Waals surface area contributed by atoms with Gasteiger partial charge in [0.2, 0.25) is 0 Å². The number of hydrogen-bond donors (Lipinski definition) is 1. The van der Waals surface area contributed by atoms with Crippen LogP contribution in [0.5, 0.6) is 0 Å². The molecule has 1 aromatic carbocycles. The van der Waals surface area contributed by atoms with Gasteiger partial charge in [0.25, 0.3) is 0 Å². The third kappa shape index (κ3) is 2.93. The van der Waals surface area contributed by atoms with Crippen molar-refractivity contribution in [1.29, 1.82) is 0 Å². The molecule has 138 valence electrons. The van der Waals surface area contributed by atoms with Crippen molar-refractivity contribution in [3.05, 3.63) is 58.9 Å². The Labute approximate surface area is 151 Å². The molecule has 26 heavy (non-hydrogen) atoms. The standard InChI is InChI=1S/C19H21NO6/c1-3-23-17(21)15-14-12(9-20-15)19(22-2)25-13-10-24-18(26-16(13)14)11-7-5-4-6-8-11/h4-9,13,16,18-20H,3,10H2,1-2H3/t13-,16-,18-,19+/m1/s1. The van der Waals surface area contributed by atoms with E-state index in [1.54, 1.807) is 20.2 Å². The molecule has 7 nitrogen and oxygen atoms in total. The normalized spacial score (nSPS) is 27.5. The van der Waals surface area contributed by atoms with Crippen molar-refractivity contribution in [3.8, 4) is 0 Å². The van der Waals surface area contributed by atoms with Crippen LogP contribution in [0.15, 0.2) is 36.5 Å². The molecule has 1 aromatic heterocycles. The fourth-order valence-corrected chi connectivity index (χ4v) is 3.42. The Kier molecular flexibility index (Phi) is 4.78. The summed E-state index contributed by atoms with van der Waals surface area (Å²) in [6.45, 7) is 2.39. The van der Waals surface area contributed by atoms with Crippen LogP contribution in [-0.2, 0) is 23.7 Å². The Morgan fingerprint density at radius 2 is 2.08 bits per heavy atom. The Bertz CT molecular complexity index is 774. The first kappa shape index (κ1) is 17.2. The van der Waals surface area contributed by atoms with E-state index in [1.165, 1.54) is 0 Å². The molecule has 1 N–H and O–H groups in total. The predicted molar refractivity (Wildman–Crippen MR) is 90.3 cm³/mol. The summed E-state index contributed by atoms with van der Waals surface area (Å²) < 4.78 is 28.6. The molecular formula is C19H21NO6. The smallest absolute Gasteiger partial charge is 0.355 e. The van der Waals surface area contributed by atoms with Crippen molar-refractivity contribution in [2.45, 2.75) is 31.7 Å². The molecule has 2 aliphatic rings. The van der Waals surface area contributed by atoms with E-state index in [2.05, 4.69) is 4.98 Å². The average molecular weight is 359 g/mol. The molecule has 0 bridgehead atoms. The van der Waals surface area contributed by atoms with Crippen LogP contribution < -0.4 is 0 Å². The number of aromatic amines is 1. The number of aromatic nitrogens is 1. The fraction of sp³-hybridized carbons (Fsp3) is 0.421. The van der Waals surface area contributed by atoms with Crippen molar-refractivity contribution >= 4 is 5.97 Å². The molecule has 3 heterocycles. The largest absolute Gasteiger partial charge is 0.461 e. The number of esters is 1. The number of nitrogens with one attached hydrogen (secondary N) is 1. The quantitative estimate of drug-likeness (QED) is 0.846. The van der Waals surface area contributed by atoms with Crippen LogP contribution in [0.1, 0.15) is 52.8 Å². The minimum Gasteiger partial charge on any atom is -0.461 e. The molecule has 0 radical (unpaired) electrons. The van der Waals surface area contributed by atoms with Gasteiger partial charge < -0.3 is 28.7 Å². The highest BCUT2D eigenvalue weighted by Gasteiger charge is 2.45. The lowest BCUT2D eigenvalue weighted by molar-refractivity contribution is -0.306. The van der Waals surface area contributed by atoms with E-state index in [1.807, 2.05) is 30.3 Å². The molecular weight excluding hydrogens is 338 g/mol. The minimum atomic E-state index is -0.592. The highest BCUT2D eigenvalue weighted by atomic mass is 16.7. The summed E-state index contributed by atoms with van der Waals surface area (Å²) in [6.07, 6.45) is -0.246. The van der Waals surface area contributed by atoms with E-state index >= 15 is 0 Å². The molecule has 4 rings (SSSR count). The van der Waals surface area contributed by atoms with Crippen molar-refractivity contribution in [2.75, 3.05) is 20.3 Å². The van der Waals surface area contributed by atoms with Gasteiger partial charge in [-0.1, -0.05) is 30.3 Å². The van der Waals surface area contributed by atoms with Crippen LogP contribution in [0, 0.1) is 0 Å². The van der Waals surface area contributed by atoms with Crippen LogP contribution in [-0.4, -0.2) is 37.4 Å². The zero-order valence-corrected chi connectivity index (χ0v) is 14.6. The maximum Gasteiger partial charge on any atom is 0.355 e. The molecule has 0 saturated carbocycles. The summed E-state index contributed by atoms with van der Waals surface area (Å²) in [6, 6.07) is 9.68. The highest BCUT2D eigenvalue weighted by molar-refractivity contribution is 5.90. The molecule has 0 unspecified atom stereocenters. The number of benzene rings is 1. The van der Waals surface area contributed by atoms with Crippen molar-refractivity contribution in [1.82, 2.24) is 4.98 Å². The number of ether oxygens (including phenoxy) is 5. The lowest BCUT2D eigenvalue weighted by Gasteiger charge is -2.41. The van der Waals surface area contributed by atoms with Crippen LogP contribution in [0.3, 0.4) is 0 Å². The molecule has 4 atom stereocenters. The zero-order valence-electron chi connectivity index (χ0n) is 14.6. The molecule has 0 amide bonds. The Morgan fingerprint density at radius 3 is 2.81 bits per heavy atom. The Hall–Kier alpha value is -2.19. The minimum absolute atomic E-state index is 0.293. The van der Waals surface area contributed by atoms with Gasteiger partial charge in [-0.25, -0.2) is 4.79 Å². The zero-order chi connectivity index (χ0) is 18.1. The monoisotopic (exact) mass is 359 g/mol. The second-order valence-corrected chi connectivity index (χ2v) is 6.13. The number of carbonyl (C=O) groups excluding carboxylic acids is 1. The second kappa shape index (κ2) is 7.20. The molecule has 0 aliphatic carbocycles. The van der Waals surface area contributed by atoms with Crippen molar-refractivity contribution < 1.29 is 28.5 Å². The van der Waals surface area contributed by atoms with E-state index in [-0.39, 0.29) is 6.10 Å². The van der Waals surface area contributed by atoms with Gasteiger partial charge in [0.1, 0.15) is 17.9 Å². The number of fused-ring (bicyclic) bond motifs is 3. The van der Waals surface area contributed by atoms with Crippen LogP contribution in [0.4, 0.5) is 0 Å². The summed E-state index contributed by atoms with van der Waals surface area (Å²) in [4.78, 5) is 15.4. The predicted octanol–water partition coefficient (Wildman–Crippen LogP) is 3.02. The summed E-state index contributed by atoms with van der Waals surface area (Å²) in [5, 5.41) is 0. The van der Waals surface area contributed by atoms with Crippen molar-refractivity contribution in [2.24, 2.45) is 0 Å². The van der Waals surface area contributed by atoms with E-state index in [0.717, 1.165) is 16.7 Å². The van der Waals surface area contributed by atoms with Crippen LogP contribution in [0.25, 0.3) is 0 Å². The fourth-order valence-electron chi connectivity index (χ4n) is 3.42. The van der Waals surface area contributed by atoms with Gasteiger partial charge in [0.05, 0.1) is 13.2 Å². The topological polar surface area (TPSA) is 79.0 Å². The maximum absolute atomic E-state index is 12.4. The van der Waals surface area contributed by atoms with E-state index < -0.39 is 24.7 Å². The molecule has 0 spiro atoms. The van der Waals surface area contributed by atoms with Gasteiger partial charge in [0, 0.05) is 30.0 Å². The van der Waals surface area contributed by atoms with Crippen LogP contribution in [0.2, 0.25) is 0 Å². The van der Waals surface area contributed by atoms with Gasteiger partial charge in [-0.05, 0) is 6.92 Å². The lowest BCUT2D eigenvalue weighted by atomic mass is 9.95. The SMILES string of the molecule is CCOC(=O)c1[nH]cc2c1[C@@H]1O[C@H](c3ccccc3)OC[C@H]1O[C@@H]2OC. The van der Waals surface area contributed by atoms with Gasteiger partial charge >= 0.3 is 5.97 Å². The number of hydrogen-bond acceptors (Lipinski definition) is 6. The Balaban J connectivity index is 1.70. The van der Waals surface area contributed by atoms with Gasteiger partial charge in [0.15, 0.2) is 12.6 Å². The molecule has 7 heteroatoms. The highest BCUT2D eigenvalue weighted by Crippen LogP contribution is 2.46. The number of H-pyrrole nitrogens is 1. The third-order valence-electron chi connectivity index (χ3n) is 4.57.